The van der Waals surface area contributed by atoms with Gasteiger partial charge in [0.05, 0.1) is 11.3 Å². The van der Waals surface area contributed by atoms with Gasteiger partial charge in [0.25, 0.3) is 0 Å². The molecule has 1 unspecified atom stereocenters. The van der Waals surface area contributed by atoms with E-state index in [2.05, 4.69) is 44.2 Å². The van der Waals surface area contributed by atoms with Crippen molar-refractivity contribution in [1.29, 1.82) is 0 Å². The summed E-state index contributed by atoms with van der Waals surface area (Å²) in [6, 6.07) is 8.87. The standard InChI is InChI=1S/C20H27NS/c1-3-14-20(4-2)15-22-18-13-9-8-12-17(18)19(21-20)16-10-6-5-7-11-16/h8-10,12-13H,3-7,11,14-15H2,1-2H3. The fourth-order valence-electron chi connectivity index (χ4n) is 3.58. The van der Waals surface area contributed by atoms with Crippen LogP contribution in [0.25, 0.3) is 0 Å². The number of allylic oxidation sites excluding steroid dienone is 2. The van der Waals surface area contributed by atoms with Crippen LogP contribution >= 0.6 is 11.8 Å². The molecule has 22 heavy (non-hydrogen) atoms. The second-order valence-electron chi connectivity index (χ2n) is 6.55. The molecule has 1 aliphatic heterocycles. The fourth-order valence-corrected chi connectivity index (χ4v) is 4.91. The summed E-state index contributed by atoms with van der Waals surface area (Å²) in [7, 11) is 0. The van der Waals surface area contributed by atoms with Crippen LogP contribution in [0.1, 0.15) is 64.4 Å². The van der Waals surface area contributed by atoms with Gasteiger partial charge in [0, 0.05) is 16.2 Å². The van der Waals surface area contributed by atoms with Crippen molar-refractivity contribution in [2.75, 3.05) is 5.75 Å². The summed E-state index contributed by atoms with van der Waals surface area (Å²) in [4.78, 5) is 6.82. The van der Waals surface area contributed by atoms with Gasteiger partial charge in [0.15, 0.2) is 0 Å². The Morgan fingerprint density at radius 3 is 2.77 bits per heavy atom. The van der Waals surface area contributed by atoms with Gasteiger partial charge in [0.2, 0.25) is 0 Å². The Balaban J connectivity index is 2.10. The number of thioether (sulfide) groups is 1. The Morgan fingerprint density at radius 1 is 1.18 bits per heavy atom. The molecule has 1 aromatic rings. The molecule has 2 heteroatoms. The van der Waals surface area contributed by atoms with Crippen molar-refractivity contribution < 1.29 is 0 Å². The molecule has 0 amide bonds. The van der Waals surface area contributed by atoms with Crippen LogP contribution in [-0.2, 0) is 0 Å². The monoisotopic (exact) mass is 313 g/mol. The molecular formula is C20H27NS. The van der Waals surface area contributed by atoms with E-state index in [1.807, 2.05) is 11.8 Å². The molecule has 1 atom stereocenters. The zero-order valence-corrected chi connectivity index (χ0v) is 14.7. The molecule has 0 aromatic heterocycles. The predicted octanol–water partition coefficient (Wildman–Crippen LogP) is 6.03. The molecule has 1 aliphatic carbocycles. The average Bonchev–Trinajstić information content (AvgIpc) is 2.74. The number of nitrogens with zero attached hydrogens (tertiary/aromatic N) is 1. The van der Waals surface area contributed by atoms with E-state index in [1.165, 1.54) is 60.3 Å². The summed E-state index contributed by atoms with van der Waals surface area (Å²) in [6.45, 7) is 4.59. The van der Waals surface area contributed by atoms with Gasteiger partial charge in [-0.15, -0.1) is 11.8 Å². The van der Waals surface area contributed by atoms with E-state index in [4.69, 9.17) is 4.99 Å². The third kappa shape index (κ3) is 3.17. The lowest BCUT2D eigenvalue weighted by molar-refractivity contribution is 0.426. The third-order valence-electron chi connectivity index (χ3n) is 4.96. The second-order valence-corrected chi connectivity index (χ2v) is 7.57. The van der Waals surface area contributed by atoms with E-state index in [1.54, 1.807) is 0 Å². The van der Waals surface area contributed by atoms with E-state index < -0.39 is 0 Å². The number of aliphatic imine (C=N–C) groups is 1. The topological polar surface area (TPSA) is 12.4 Å². The van der Waals surface area contributed by atoms with Crippen molar-refractivity contribution in [1.82, 2.24) is 0 Å². The highest BCUT2D eigenvalue weighted by Crippen LogP contribution is 2.39. The van der Waals surface area contributed by atoms with Crippen LogP contribution in [0.4, 0.5) is 0 Å². The molecular weight excluding hydrogens is 286 g/mol. The van der Waals surface area contributed by atoms with Crippen molar-refractivity contribution in [3.05, 3.63) is 41.5 Å². The highest BCUT2D eigenvalue weighted by atomic mass is 32.2. The van der Waals surface area contributed by atoms with Crippen LogP contribution in [0.15, 0.2) is 45.8 Å². The molecule has 1 aromatic carbocycles. The Morgan fingerprint density at radius 2 is 2.05 bits per heavy atom. The fraction of sp³-hybridized carbons (Fsp3) is 0.550. The lowest BCUT2D eigenvalue weighted by Gasteiger charge is -2.28. The van der Waals surface area contributed by atoms with Crippen molar-refractivity contribution >= 4 is 17.5 Å². The van der Waals surface area contributed by atoms with Gasteiger partial charge in [-0.05, 0) is 50.2 Å². The normalized spacial score (nSPS) is 25.0. The Kier molecular flexibility index (Phi) is 5.07. The zero-order chi connectivity index (χ0) is 15.4. The van der Waals surface area contributed by atoms with E-state index in [0.29, 0.717) is 0 Å². The van der Waals surface area contributed by atoms with Gasteiger partial charge in [-0.2, -0.15) is 0 Å². The van der Waals surface area contributed by atoms with Crippen molar-refractivity contribution in [3.63, 3.8) is 0 Å². The smallest absolute Gasteiger partial charge is 0.0706 e. The van der Waals surface area contributed by atoms with Gasteiger partial charge in [0.1, 0.15) is 0 Å². The Hall–Kier alpha value is -1.02. The molecule has 1 heterocycles. The van der Waals surface area contributed by atoms with Crippen molar-refractivity contribution in [3.8, 4) is 0 Å². The molecule has 0 spiro atoms. The van der Waals surface area contributed by atoms with E-state index in [-0.39, 0.29) is 5.54 Å². The summed E-state index contributed by atoms with van der Waals surface area (Å²) in [5.41, 5.74) is 4.28. The molecule has 0 saturated heterocycles. The second kappa shape index (κ2) is 7.04. The largest absolute Gasteiger partial charge is 0.277 e. The molecule has 0 fully saturated rings. The minimum atomic E-state index is 0.117. The summed E-state index contributed by atoms with van der Waals surface area (Å²) >= 11 is 2.01. The minimum absolute atomic E-state index is 0.117. The first-order chi connectivity index (χ1) is 10.8. The van der Waals surface area contributed by atoms with Gasteiger partial charge in [-0.3, -0.25) is 4.99 Å². The molecule has 118 valence electrons. The first kappa shape index (κ1) is 15.9. The predicted molar refractivity (Wildman–Crippen MR) is 98.2 cm³/mol. The van der Waals surface area contributed by atoms with Gasteiger partial charge in [-0.1, -0.05) is 44.5 Å². The number of fused-ring (bicyclic) bond motifs is 1. The number of hydrogen-bond donors (Lipinski definition) is 0. The summed E-state index contributed by atoms with van der Waals surface area (Å²) in [5.74, 6) is 1.12. The first-order valence-corrected chi connectivity index (χ1v) is 9.78. The summed E-state index contributed by atoms with van der Waals surface area (Å²) < 4.78 is 0. The molecule has 1 nitrogen and oxygen atoms in total. The van der Waals surface area contributed by atoms with Crippen molar-refractivity contribution in [2.45, 2.75) is 69.2 Å². The van der Waals surface area contributed by atoms with Crippen LogP contribution in [0.3, 0.4) is 0 Å². The number of hydrogen-bond acceptors (Lipinski definition) is 2. The highest BCUT2D eigenvalue weighted by Gasteiger charge is 2.32. The molecule has 0 radical (unpaired) electrons. The third-order valence-corrected chi connectivity index (χ3v) is 6.30. The SMILES string of the molecule is CCCC1(CC)CSc2ccccc2C(C2=CCCCC2)=N1. The quantitative estimate of drug-likeness (QED) is 0.661. The lowest BCUT2D eigenvalue weighted by Crippen LogP contribution is -2.30. The minimum Gasteiger partial charge on any atom is -0.277 e. The molecule has 0 N–H and O–H groups in total. The maximum atomic E-state index is 5.41. The molecule has 3 rings (SSSR count). The maximum absolute atomic E-state index is 5.41. The van der Waals surface area contributed by atoms with Crippen LogP contribution in [0.2, 0.25) is 0 Å². The number of rotatable bonds is 4. The number of benzene rings is 1. The van der Waals surface area contributed by atoms with E-state index in [0.717, 1.165) is 12.2 Å². The van der Waals surface area contributed by atoms with Crippen molar-refractivity contribution in [2.24, 2.45) is 4.99 Å². The lowest BCUT2D eigenvalue weighted by atomic mass is 9.89. The van der Waals surface area contributed by atoms with Crippen LogP contribution in [0, 0.1) is 0 Å². The van der Waals surface area contributed by atoms with Crippen LogP contribution in [0.5, 0.6) is 0 Å². The molecule has 0 saturated carbocycles. The van der Waals surface area contributed by atoms with Gasteiger partial charge < -0.3 is 0 Å². The van der Waals surface area contributed by atoms with E-state index in [9.17, 15) is 0 Å². The molecule has 2 aliphatic rings. The first-order valence-electron chi connectivity index (χ1n) is 8.79. The Bertz CT molecular complexity index is 587. The highest BCUT2D eigenvalue weighted by molar-refractivity contribution is 7.99. The van der Waals surface area contributed by atoms with Gasteiger partial charge >= 0.3 is 0 Å². The Labute approximate surface area is 139 Å². The zero-order valence-electron chi connectivity index (χ0n) is 13.9. The van der Waals surface area contributed by atoms with E-state index >= 15 is 0 Å². The van der Waals surface area contributed by atoms with Crippen LogP contribution < -0.4 is 0 Å². The summed E-state index contributed by atoms with van der Waals surface area (Å²) in [5, 5.41) is 0. The van der Waals surface area contributed by atoms with Gasteiger partial charge in [-0.25, -0.2) is 0 Å². The average molecular weight is 314 g/mol. The molecule has 0 bridgehead atoms. The maximum Gasteiger partial charge on any atom is 0.0706 e. The van der Waals surface area contributed by atoms with Crippen LogP contribution in [-0.4, -0.2) is 17.0 Å². The summed E-state index contributed by atoms with van der Waals surface area (Å²) in [6.07, 6.45) is 11.1.